The minimum Gasteiger partial charge on any atom is -0.488 e. The van der Waals surface area contributed by atoms with E-state index in [4.69, 9.17) is 10.5 Å². The van der Waals surface area contributed by atoms with Gasteiger partial charge in [-0.15, -0.1) is 0 Å². The molecule has 1 aromatic carbocycles. The highest BCUT2D eigenvalue weighted by molar-refractivity contribution is 5.95. The minimum absolute atomic E-state index is 0.0902. The fourth-order valence-corrected chi connectivity index (χ4v) is 3.77. The number of fused-ring (bicyclic) bond motifs is 1. The lowest BCUT2D eigenvalue weighted by Gasteiger charge is -2.17. The molecule has 0 saturated carbocycles. The maximum absolute atomic E-state index is 13.3. The molecule has 2 aromatic heterocycles. The van der Waals surface area contributed by atoms with Gasteiger partial charge in [0, 0.05) is 42.7 Å². The molecule has 1 fully saturated rings. The molecule has 0 radical (unpaired) electrons. The molecule has 1 aliphatic rings. The highest BCUT2D eigenvalue weighted by atomic mass is 19.4. The van der Waals surface area contributed by atoms with E-state index in [0.29, 0.717) is 41.7 Å². The van der Waals surface area contributed by atoms with Gasteiger partial charge in [-0.05, 0) is 35.9 Å². The van der Waals surface area contributed by atoms with E-state index < -0.39 is 17.6 Å². The Hall–Kier alpha value is -3.36. The zero-order chi connectivity index (χ0) is 22.2. The van der Waals surface area contributed by atoms with Crippen LogP contribution < -0.4 is 10.5 Å². The molecule has 3 aromatic rings. The number of hydrogen-bond donors (Lipinski definition) is 1. The number of benzene rings is 1. The van der Waals surface area contributed by atoms with E-state index in [2.05, 4.69) is 9.97 Å². The second kappa shape index (κ2) is 8.05. The second-order valence-corrected chi connectivity index (χ2v) is 7.41. The summed E-state index contributed by atoms with van der Waals surface area (Å²) in [5.41, 5.74) is 5.90. The van der Waals surface area contributed by atoms with Crippen LogP contribution in [0.3, 0.4) is 0 Å². The molecule has 1 saturated heterocycles. The van der Waals surface area contributed by atoms with Crippen LogP contribution >= 0.6 is 0 Å². The van der Waals surface area contributed by atoms with Crippen LogP contribution in [-0.2, 0) is 11.0 Å². The van der Waals surface area contributed by atoms with Crippen molar-refractivity contribution in [1.82, 2.24) is 14.9 Å². The lowest BCUT2D eigenvalue weighted by molar-refractivity contribution is -0.137. The van der Waals surface area contributed by atoms with Gasteiger partial charge in [0.15, 0.2) is 0 Å². The largest absolute Gasteiger partial charge is 0.488 e. The molecular weight excluding hydrogens is 409 g/mol. The lowest BCUT2D eigenvalue weighted by Crippen LogP contribution is -2.30. The first kappa shape index (κ1) is 20.9. The Kier molecular flexibility index (Phi) is 5.43. The fraction of sp³-hybridized carbons (Fsp3) is 0.318. The summed E-state index contributed by atoms with van der Waals surface area (Å²) in [6.07, 6.45) is -0.712. The van der Waals surface area contributed by atoms with E-state index in [9.17, 15) is 18.0 Å². The third-order valence-electron chi connectivity index (χ3n) is 5.35. The van der Waals surface area contributed by atoms with Crippen LogP contribution in [0, 0.1) is 0 Å². The zero-order valence-corrected chi connectivity index (χ0v) is 16.8. The zero-order valence-electron chi connectivity index (χ0n) is 16.8. The van der Waals surface area contributed by atoms with Crippen molar-refractivity contribution < 1.29 is 22.7 Å². The number of amides is 1. The Morgan fingerprint density at radius 1 is 1.26 bits per heavy atom. The normalized spacial score (nSPS) is 16.6. The summed E-state index contributed by atoms with van der Waals surface area (Å²) in [5, 5.41) is 0.638. The van der Waals surface area contributed by atoms with Gasteiger partial charge in [0.25, 0.3) is 0 Å². The molecule has 0 spiro atoms. The molecule has 6 nitrogen and oxygen atoms in total. The van der Waals surface area contributed by atoms with Crippen molar-refractivity contribution in [2.75, 3.05) is 18.8 Å². The van der Waals surface area contributed by atoms with Crippen molar-refractivity contribution in [3.63, 3.8) is 0 Å². The van der Waals surface area contributed by atoms with E-state index in [0.717, 1.165) is 12.5 Å². The van der Waals surface area contributed by atoms with E-state index in [-0.39, 0.29) is 17.6 Å². The topological polar surface area (TPSA) is 81.3 Å². The molecule has 1 aliphatic heterocycles. The van der Waals surface area contributed by atoms with Crippen LogP contribution in [0.2, 0.25) is 0 Å². The van der Waals surface area contributed by atoms with Gasteiger partial charge in [-0.2, -0.15) is 13.2 Å². The van der Waals surface area contributed by atoms with Crippen molar-refractivity contribution in [2.45, 2.75) is 32.0 Å². The first-order valence-electron chi connectivity index (χ1n) is 9.92. The maximum atomic E-state index is 13.3. The van der Waals surface area contributed by atoms with Gasteiger partial charge < -0.3 is 15.4 Å². The molecule has 0 bridgehead atoms. The van der Waals surface area contributed by atoms with Crippen LogP contribution in [0.1, 0.15) is 25.3 Å². The predicted molar refractivity (Wildman–Crippen MR) is 110 cm³/mol. The Balaban J connectivity index is 1.67. The minimum atomic E-state index is -4.60. The number of halogens is 3. The Morgan fingerprint density at radius 3 is 2.81 bits per heavy atom. The van der Waals surface area contributed by atoms with Gasteiger partial charge in [-0.3, -0.25) is 9.78 Å². The molecular formula is C22H21F3N4O2. The molecule has 4 rings (SSSR count). The highest BCUT2D eigenvalue weighted by Crippen LogP contribution is 2.37. The summed E-state index contributed by atoms with van der Waals surface area (Å²) < 4.78 is 45.9. The molecule has 1 amide bonds. The number of nitrogens with two attached hydrogens (primary N) is 1. The lowest BCUT2D eigenvalue weighted by atomic mass is 10.0. The SMILES string of the molecule is CCC(=O)N1CCC(Oc2ccc3nccc(-c4cnc(N)c(C(F)(F)F)c4)c3c2)C1. The summed E-state index contributed by atoms with van der Waals surface area (Å²) in [4.78, 5) is 21.7. The maximum Gasteiger partial charge on any atom is 0.419 e. The summed E-state index contributed by atoms with van der Waals surface area (Å²) in [7, 11) is 0. The standard InChI is InChI=1S/C22H21F3N4O2/c1-2-20(30)29-8-6-15(12-29)31-14-3-4-19-17(10-14)16(5-7-27-19)13-9-18(22(23,24)25)21(26)28-11-13/h3-5,7,9-11,15H,2,6,8,12H2,1H3,(H2,26,28). The number of likely N-dealkylation sites (tertiary alicyclic amines) is 1. The average Bonchev–Trinajstić information content (AvgIpc) is 3.21. The van der Waals surface area contributed by atoms with Crippen molar-refractivity contribution in [2.24, 2.45) is 0 Å². The fourth-order valence-electron chi connectivity index (χ4n) is 3.77. The number of ether oxygens (including phenoxy) is 1. The van der Waals surface area contributed by atoms with Crippen LogP contribution in [0.25, 0.3) is 22.0 Å². The summed E-state index contributed by atoms with van der Waals surface area (Å²) in [6, 6.07) is 7.91. The third kappa shape index (κ3) is 4.26. The van der Waals surface area contributed by atoms with Crippen molar-refractivity contribution in [3.05, 3.63) is 48.3 Å². The van der Waals surface area contributed by atoms with E-state index in [1.54, 1.807) is 29.2 Å². The van der Waals surface area contributed by atoms with Crippen molar-refractivity contribution >= 4 is 22.6 Å². The van der Waals surface area contributed by atoms with Gasteiger partial charge >= 0.3 is 6.18 Å². The van der Waals surface area contributed by atoms with Crippen LogP contribution in [0.5, 0.6) is 5.75 Å². The average molecular weight is 430 g/mol. The summed E-state index contributed by atoms with van der Waals surface area (Å²) >= 11 is 0. The van der Waals surface area contributed by atoms with E-state index in [1.807, 2.05) is 6.92 Å². The number of rotatable bonds is 4. The van der Waals surface area contributed by atoms with Gasteiger partial charge in [-0.25, -0.2) is 4.98 Å². The Labute approximate surface area is 176 Å². The number of nitrogen functional groups attached to an aromatic ring is 1. The van der Waals surface area contributed by atoms with Crippen LogP contribution in [0.4, 0.5) is 19.0 Å². The number of carbonyl (C=O) groups is 1. The van der Waals surface area contributed by atoms with Gasteiger partial charge in [0.1, 0.15) is 17.7 Å². The van der Waals surface area contributed by atoms with Crippen LogP contribution in [-0.4, -0.2) is 40.0 Å². The van der Waals surface area contributed by atoms with Gasteiger partial charge in [-0.1, -0.05) is 6.92 Å². The molecule has 1 atom stereocenters. The predicted octanol–water partition coefficient (Wildman–Crippen LogP) is 4.29. The summed E-state index contributed by atoms with van der Waals surface area (Å²) in [6.45, 7) is 2.99. The number of pyridine rings is 2. The molecule has 3 heterocycles. The van der Waals surface area contributed by atoms with Crippen molar-refractivity contribution in [1.29, 1.82) is 0 Å². The monoisotopic (exact) mass is 430 g/mol. The smallest absolute Gasteiger partial charge is 0.419 e. The first-order valence-corrected chi connectivity index (χ1v) is 9.92. The summed E-state index contributed by atoms with van der Waals surface area (Å²) in [5.74, 6) is 0.0930. The molecule has 2 N–H and O–H groups in total. The number of carbonyl (C=O) groups excluding carboxylic acids is 1. The number of nitrogens with zero attached hydrogens (tertiary/aromatic N) is 3. The van der Waals surface area contributed by atoms with E-state index in [1.165, 1.54) is 12.4 Å². The second-order valence-electron chi connectivity index (χ2n) is 7.41. The quantitative estimate of drug-likeness (QED) is 0.668. The number of anilines is 1. The first-order chi connectivity index (χ1) is 14.8. The van der Waals surface area contributed by atoms with E-state index >= 15 is 0 Å². The molecule has 1 unspecified atom stereocenters. The van der Waals surface area contributed by atoms with Crippen molar-refractivity contribution in [3.8, 4) is 16.9 Å². The number of alkyl halides is 3. The Bertz CT molecular complexity index is 1130. The molecule has 9 heteroatoms. The molecule has 162 valence electrons. The highest BCUT2D eigenvalue weighted by Gasteiger charge is 2.34. The molecule has 31 heavy (non-hydrogen) atoms. The number of aromatic nitrogens is 2. The number of hydrogen-bond acceptors (Lipinski definition) is 5. The third-order valence-corrected chi connectivity index (χ3v) is 5.35. The Morgan fingerprint density at radius 2 is 2.06 bits per heavy atom. The van der Waals surface area contributed by atoms with Gasteiger partial charge in [0.05, 0.1) is 17.6 Å². The van der Waals surface area contributed by atoms with Crippen LogP contribution in [0.15, 0.2) is 42.7 Å². The molecule has 0 aliphatic carbocycles. The van der Waals surface area contributed by atoms with Gasteiger partial charge in [0.2, 0.25) is 5.91 Å².